The van der Waals surface area contributed by atoms with Gasteiger partial charge in [-0.3, -0.25) is 4.79 Å². The molecule has 112 valence electrons. The number of rotatable bonds is 4. The van der Waals surface area contributed by atoms with Crippen molar-refractivity contribution in [2.45, 2.75) is 31.5 Å². The number of alkyl halides is 5. The molecule has 0 aliphatic carbocycles. The number of carbonyl (C=O) groups is 1. The van der Waals surface area contributed by atoms with Gasteiger partial charge in [-0.25, -0.2) is 0 Å². The number of nitrogens with one attached hydrogen (secondary N) is 1. The molecule has 0 aliphatic heterocycles. The van der Waals surface area contributed by atoms with E-state index in [9.17, 15) is 26.7 Å². The predicted molar refractivity (Wildman–Crippen MR) is 63.8 cm³/mol. The number of hydrogen-bond donors (Lipinski definition) is 1. The van der Waals surface area contributed by atoms with Crippen molar-refractivity contribution in [1.29, 1.82) is 0 Å². The van der Waals surface area contributed by atoms with E-state index in [2.05, 4.69) is 0 Å². The molecule has 0 spiro atoms. The lowest BCUT2D eigenvalue weighted by Gasteiger charge is -2.21. The van der Waals surface area contributed by atoms with Gasteiger partial charge in [0.1, 0.15) is 0 Å². The first-order chi connectivity index (χ1) is 9.04. The first-order valence-electron chi connectivity index (χ1n) is 5.54. The second-order valence-corrected chi connectivity index (χ2v) is 4.72. The molecule has 0 aromatic heterocycles. The normalized spacial score (nSPS) is 13.9. The monoisotopic (exact) mass is 315 g/mol. The molecular formula is C12H11ClF5NO. The average molecular weight is 316 g/mol. The molecule has 20 heavy (non-hydrogen) atoms. The molecule has 1 amide bonds. The van der Waals surface area contributed by atoms with Crippen LogP contribution in [0.2, 0.25) is 5.02 Å². The lowest BCUT2D eigenvalue weighted by molar-refractivity contribution is -0.270. The Morgan fingerprint density at radius 2 is 1.90 bits per heavy atom. The largest absolute Gasteiger partial charge is 0.463 e. The number of halogens is 6. The van der Waals surface area contributed by atoms with Crippen LogP contribution in [0.5, 0.6) is 0 Å². The summed E-state index contributed by atoms with van der Waals surface area (Å²) in [5, 5.41) is 2.05. The molecule has 1 aromatic carbocycles. The van der Waals surface area contributed by atoms with E-state index in [4.69, 9.17) is 11.6 Å². The molecule has 0 saturated heterocycles. The number of carbonyl (C=O) groups excluding carboxylic acids is 1. The zero-order valence-corrected chi connectivity index (χ0v) is 11.0. The standard InChI is InChI=1S/C12H11ClF5NO/c1-7(5-8-3-2-4-9(13)6-8)19-10(20)11(14,15)12(16,17)18/h2-4,6-7H,5H2,1H3,(H,19,20). The quantitative estimate of drug-likeness (QED) is 0.845. The Labute approximate surface area is 116 Å². The summed E-state index contributed by atoms with van der Waals surface area (Å²) in [4.78, 5) is 11.0. The third-order valence-electron chi connectivity index (χ3n) is 2.45. The van der Waals surface area contributed by atoms with Gasteiger partial charge in [0, 0.05) is 11.1 Å². The van der Waals surface area contributed by atoms with Crippen LogP contribution >= 0.6 is 11.6 Å². The molecule has 2 nitrogen and oxygen atoms in total. The van der Waals surface area contributed by atoms with Crippen LogP contribution in [0.15, 0.2) is 24.3 Å². The second-order valence-electron chi connectivity index (χ2n) is 4.28. The van der Waals surface area contributed by atoms with E-state index in [1.54, 1.807) is 23.5 Å². The molecule has 0 bridgehead atoms. The minimum atomic E-state index is -5.91. The summed E-state index contributed by atoms with van der Waals surface area (Å²) >= 11 is 5.71. The van der Waals surface area contributed by atoms with Crippen molar-refractivity contribution < 1.29 is 26.7 Å². The topological polar surface area (TPSA) is 29.1 Å². The molecule has 8 heteroatoms. The van der Waals surface area contributed by atoms with Crippen molar-refractivity contribution in [3.05, 3.63) is 34.9 Å². The van der Waals surface area contributed by atoms with E-state index in [0.29, 0.717) is 10.6 Å². The molecule has 0 saturated carbocycles. The van der Waals surface area contributed by atoms with Gasteiger partial charge in [0.2, 0.25) is 0 Å². The number of benzene rings is 1. The Balaban J connectivity index is 2.67. The number of hydrogen-bond acceptors (Lipinski definition) is 1. The fourth-order valence-electron chi connectivity index (χ4n) is 1.51. The van der Waals surface area contributed by atoms with Gasteiger partial charge in [0.05, 0.1) is 0 Å². The molecule has 1 unspecified atom stereocenters. The summed E-state index contributed by atoms with van der Waals surface area (Å²) in [6.07, 6.45) is -5.83. The van der Waals surface area contributed by atoms with Crippen LogP contribution in [0.4, 0.5) is 22.0 Å². The van der Waals surface area contributed by atoms with Crippen LogP contribution in [0, 0.1) is 0 Å². The predicted octanol–water partition coefficient (Wildman–Crippen LogP) is 3.58. The van der Waals surface area contributed by atoms with Gasteiger partial charge in [-0.15, -0.1) is 0 Å². The van der Waals surface area contributed by atoms with E-state index in [1.165, 1.54) is 13.0 Å². The Morgan fingerprint density at radius 3 is 2.40 bits per heavy atom. The summed E-state index contributed by atoms with van der Waals surface area (Å²) in [5.74, 6) is -7.77. The van der Waals surface area contributed by atoms with Crippen molar-refractivity contribution >= 4 is 17.5 Å². The van der Waals surface area contributed by atoms with Crippen molar-refractivity contribution in [3.8, 4) is 0 Å². The van der Waals surface area contributed by atoms with Crippen LogP contribution in [-0.4, -0.2) is 24.0 Å². The summed E-state index contributed by atoms with van der Waals surface area (Å²) < 4.78 is 61.4. The van der Waals surface area contributed by atoms with Crippen molar-refractivity contribution in [2.75, 3.05) is 0 Å². The van der Waals surface area contributed by atoms with Gasteiger partial charge < -0.3 is 5.32 Å². The van der Waals surface area contributed by atoms with Gasteiger partial charge in [-0.2, -0.15) is 22.0 Å². The van der Waals surface area contributed by atoms with Crippen LogP contribution in [-0.2, 0) is 11.2 Å². The Bertz CT molecular complexity index is 489. The Kier molecular flexibility index (Phi) is 4.96. The van der Waals surface area contributed by atoms with Crippen LogP contribution in [0.1, 0.15) is 12.5 Å². The van der Waals surface area contributed by atoms with E-state index in [1.807, 2.05) is 0 Å². The smallest absolute Gasteiger partial charge is 0.348 e. The minimum absolute atomic E-state index is 0.0836. The zero-order valence-electron chi connectivity index (χ0n) is 10.3. The second kappa shape index (κ2) is 5.95. The molecule has 1 N–H and O–H groups in total. The molecule has 0 radical (unpaired) electrons. The van der Waals surface area contributed by atoms with E-state index in [-0.39, 0.29) is 6.42 Å². The third-order valence-corrected chi connectivity index (χ3v) is 2.68. The van der Waals surface area contributed by atoms with Crippen molar-refractivity contribution in [2.24, 2.45) is 0 Å². The Morgan fingerprint density at radius 1 is 1.30 bits per heavy atom. The van der Waals surface area contributed by atoms with Gasteiger partial charge in [0.15, 0.2) is 0 Å². The molecule has 1 rings (SSSR count). The molecule has 0 heterocycles. The molecular weight excluding hydrogens is 305 g/mol. The molecule has 0 fully saturated rings. The highest BCUT2D eigenvalue weighted by Gasteiger charge is 2.63. The molecule has 0 aliphatic rings. The first kappa shape index (κ1) is 16.7. The average Bonchev–Trinajstić information content (AvgIpc) is 2.26. The summed E-state index contributed by atoms with van der Waals surface area (Å²) in [7, 11) is 0. The number of amides is 1. The van der Waals surface area contributed by atoms with E-state index >= 15 is 0 Å². The van der Waals surface area contributed by atoms with Gasteiger partial charge in [-0.1, -0.05) is 23.7 Å². The zero-order chi connectivity index (χ0) is 15.6. The SMILES string of the molecule is CC(Cc1cccc(Cl)c1)NC(=O)C(F)(F)C(F)(F)F. The third kappa shape index (κ3) is 4.06. The van der Waals surface area contributed by atoms with Gasteiger partial charge in [-0.05, 0) is 31.0 Å². The fourth-order valence-corrected chi connectivity index (χ4v) is 1.72. The summed E-state index contributed by atoms with van der Waals surface area (Å²) in [6, 6.07) is 5.46. The molecule has 1 aromatic rings. The highest BCUT2D eigenvalue weighted by molar-refractivity contribution is 6.30. The summed E-state index contributed by atoms with van der Waals surface area (Å²) in [5.41, 5.74) is 0.612. The lowest BCUT2D eigenvalue weighted by atomic mass is 10.1. The van der Waals surface area contributed by atoms with Crippen LogP contribution in [0.25, 0.3) is 0 Å². The van der Waals surface area contributed by atoms with Crippen LogP contribution < -0.4 is 5.32 Å². The van der Waals surface area contributed by atoms with Crippen LogP contribution in [0.3, 0.4) is 0 Å². The maximum Gasteiger partial charge on any atom is 0.463 e. The highest BCUT2D eigenvalue weighted by atomic mass is 35.5. The van der Waals surface area contributed by atoms with Gasteiger partial charge in [0.25, 0.3) is 0 Å². The fraction of sp³-hybridized carbons (Fsp3) is 0.417. The van der Waals surface area contributed by atoms with Crippen molar-refractivity contribution in [1.82, 2.24) is 5.32 Å². The van der Waals surface area contributed by atoms with E-state index < -0.39 is 24.0 Å². The maximum absolute atomic E-state index is 12.7. The minimum Gasteiger partial charge on any atom is -0.348 e. The highest BCUT2D eigenvalue weighted by Crippen LogP contribution is 2.35. The lowest BCUT2D eigenvalue weighted by Crippen LogP contribution is -2.52. The van der Waals surface area contributed by atoms with E-state index in [0.717, 1.165) is 0 Å². The van der Waals surface area contributed by atoms with Gasteiger partial charge >= 0.3 is 18.0 Å². The van der Waals surface area contributed by atoms with Crippen molar-refractivity contribution in [3.63, 3.8) is 0 Å². The first-order valence-corrected chi connectivity index (χ1v) is 5.92. The maximum atomic E-state index is 12.7. The Hall–Kier alpha value is -1.37. The summed E-state index contributed by atoms with van der Waals surface area (Å²) in [6.45, 7) is 1.32. The molecule has 1 atom stereocenters.